The Balaban J connectivity index is 0. The molecule has 0 saturated carbocycles. The van der Waals surface area contributed by atoms with E-state index in [1.807, 2.05) is 48.6 Å². The fraction of sp³-hybridized carbons (Fsp3) is 0.909. The van der Waals surface area contributed by atoms with E-state index in [4.69, 9.17) is 0 Å². The standard InChI is InChI=1S/C22H47N5O3.Cu/c1-17(2)23-20(28)9-8-12-27(14-11-22(30)25-19(5)6)16-15-26(7)13-10-21(29)24-18(3)4;/h17-19,22,25,30H,8-16H2,1-7H3,(H,23,28)(H,24,29);/q;+2. The van der Waals surface area contributed by atoms with Crippen LogP contribution in [0, 0.1) is 0 Å². The molecule has 0 bridgehead atoms. The zero-order valence-electron chi connectivity index (χ0n) is 20.6. The summed E-state index contributed by atoms with van der Waals surface area (Å²) < 4.78 is 0. The van der Waals surface area contributed by atoms with Gasteiger partial charge in [0.15, 0.2) is 0 Å². The van der Waals surface area contributed by atoms with Crippen molar-refractivity contribution in [2.24, 2.45) is 0 Å². The summed E-state index contributed by atoms with van der Waals surface area (Å²) in [5.74, 6) is 0.160. The summed E-state index contributed by atoms with van der Waals surface area (Å²) in [6.45, 7) is 15.8. The van der Waals surface area contributed by atoms with Crippen molar-refractivity contribution in [1.82, 2.24) is 25.8 Å². The molecule has 8 nitrogen and oxygen atoms in total. The van der Waals surface area contributed by atoms with E-state index in [0.29, 0.717) is 25.8 Å². The molecule has 0 aromatic rings. The Morgan fingerprint density at radius 2 is 1.32 bits per heavy atom. The van der Waals surface area contributed by atoms with Gasteiger partial charge in [-0.2, -0.15) is 0 Å². The minimum Gasteiger partial charge on any atom is -0.379 e. The molecule has 1 atom stereocenters. The number of aliphatic hydroxyl groups is 1. The van der Waals surface area contributed by atoms with Gasteiger partial charge >= 0.3 is 17.1 Å². The Kier molecular flexibility index (Phi) is 19.7. The van der Waals surface area contributed by atoms with Crippen molar-refractivity contribution >= 4 is 11.8 Å². The maximum absolute atomic E-state index is 11.9. The Morgan fingerprint density at radius 1 is 0.774 bits per heavy atom. The fourth-order valence-corrected chi connectivity index (χ4v) is 3.08. The maximum Gasteiger partial charge on any atom is 2.00 e. The van der Waals surface area contributed by atoms with Gasteiger partial charge in [-0.1, -0.05) is 0 Å². The first-order chi connectivity index (χ1) is 14.0. The Bertz CT molecular complexity index is 478. The smallest absolute Gasteiger partial charge is 0.379 e. The van der Waals surface area contributed by atoms with Crippen molar-refractivity contribution in [2.45, 2.75) is 91.6 Å². The second-order valence-electron chi connectivity index (χ2n) is 9.07. The topological polar surface area (TPSA) is 96.9 Å². The molecule has 0 aromatic carbocycles. The van der Waals surface area contributed by atoms with Crippen LogP contribution in [-0.4, -0.2) is 90.8 Å². The Morgan fingerprint density at radius 3 is 1.84 bits per heavy atom. The molecular formula is C22H47CuN5O3+2. The molecule has 0 spiro atoms. The Labute approximate surface area is 200 Å². The third kappa shape index (κ3) is 20.9. The molecule has 0 aliphatic heterocycles. The number of hydrogen-bond acceptors (Lipinski definition) is 6. The predicted molar refractivity (Wildman–Crippen MR) is 123 cm³/mol. The van der Waals surface area contributed by atoms with Gasteiger partial charge in [-0.05, 0) is 68.0 Å². The van der Waals surface area contributed by atoms with Gasteiger partial charge in [0.2, 0.25) is 11.8 Å². The number of hydrogen-bond donors (Lipinski definition) is 4. The van der Waals surface area contributed by atoms with E-state index in [2.05, 4.69) is 25.8 Å². The molecule has 0 aliphatic rings. The molecule has 1 unspecified atom stereocenters. The summed E-state index contributed by atoms with van der Waals surface area (Å²) in [5.41, 5.74) is 0. The summed E-state index contributed by atoms with van der Waals surface area (Å²) in [7, 11) is 2.02. The van der Waals surface area contributed by atoms with Gasteiger partial charge in [0.25, 0.3) is 0 Å². The maximum atomic E-state index is 11.9. The summed E-state index contributed by atoms with van der Waals surface area (Å²) in [4.78, 5) is 28.2. The first-order valence-corrected chi connectivity index (χ1v) is 11.4. The average molecular weight is 493 g/mol. The molecule has 0 saturated heterocycles. The van der Waals surface area contributed by atoms with Gasteiger partial charge in [0, 0.05) is 57.1 Å². The molecule has 4 N–H and O–H groups in total. The molecule has 0 heterocycles. The van der Waals surface area contributed by atoms with Gasteiger partial charge in [-0.15, -0.1) is 0 Å². The van der Waals surface area contributed by atoms with E-state index >= 15 is 0 Å². The van der Waals surface area contributed by atoms with Crippen LogP contribution in [0.4, 0.5) is 0 Å². The van der Waals surface area contributed by atoms with Gasteiger partial charge < -0.3 is 25.5 Å². The fourth-order valence-electron chi connectivity index (χ4n) is 3.08. The minimum absolute atomic E-state index is 0. The zero-order chi connectivity index (χ0) is 23.1. The molecule has 0 aromatic heterocycles. The molecule has 187 valence electrons. The van der Waals surface area contributed by atoms with Gasteiger partial charge in [-0.3, -0.25) is 14.9 Å². The van der Waals surface area contributed by atoms with Crippen molar-refractivity contribution in [3.8, 4) is 0 Å². The second kappa shape index (κ2) is 18.8. The number of amides is 2. The van der Waals surface area contributed by atoms with Crippen LogP contribution in [0.1, 0.15) is 67.2 Å². The third-order valence-corrected chi connectivity index (χ3v) is 4.54. The molecule has 2 amide bonds. The Hall–Kier alpha value is -0.701. The van der Waals surface area contributed by atoms with Crippen molar-refractivity contribution in [3.63, 3.8) is 0 Å². The zero-order valence-corrected chi connectivity index (χ0v) is 21.6. The van der Waals surface area contributed by atoms with Crippen LogP contribution in [0.3, 0.4) is 0 Å². The minimum atomic E-state index is -0.533. The van der Waals surface area contributed by atoms with Crippen LogP contribution in [0.25, 0.3) is 0 Å². The van der Waals surface area contributed by atoms with E-state index in [1.165, 1.54) is 0 Å². The molecule has 1 radical (unpaired) electrons. The summed E-state index contributed by atoms with van der Waals surface area (Å²) >= 11 is 0. The SMILES string of the molecule is CC(C)NC(=O)CCCN(CCC(O)NC(C)C)CCN(C)CCC(=O)NC(C)C.[Cu+2]. The monoisotopic (exact) mass is 492 g/mol. The van der Waals surface area contributed by atoms with E-state index in [0.717, 1.165) is 32.6 Å². The van der Waals surface area contributed by atoms with Crippen LogP contribution in [0.15, 0.2) is 0 Å². The molecule has 31 heavy (non-hydrogen) atoms. The molecule has 9 heteroatoms. The van der Waals surface area contributed by atoms with Crippen LogP contribution in [-0.2, 0) is 26.7 Å². The quantitative estimate of drug-likeness (QED) is 0.179. The largest absolute Gasteiger partial charge is 2.00 e. The number of likely N-dealkylation sites (N-methyl/N-ethyl adjacent to an activating group) is 1. The van der Waals surface area contributed by atoms with Gasteiger partial charge in [0.1, 0.15) is 6.23 Å². The van der Waals surface area contributed by atoms with Gasteiger partial charge in [0.05, 0.1) is 0 Å². The van der Waals surface area contributed by atoms with Crippen molar-refractivity contribution in [2.75, 3.05) is 39.8 Å². The summed E-state index contributed by atoms with van der Waals surface area (Å²) in [5, 5.41) is 19.1. The molecule has 0 rings (SSSR count). The van der Waals surface area contributed by atoms with Crippen LogP contribution in [0.2, 0.25) is 0 Å². The van der Waals surface area contributed by atoms with E-state index in [-0.39, 0.29) is 47.0 Å². The molecular weight excluding hydrogens is 446 g/mol. The number of nitrogens with one attached hydrogen (secondary N) is 3. The number of carbonyl (C=O) groups excluding carboxylic acids is 2. The van der Waals surface area contributed by atoms with E-state index in [9.17, 15) is 14.7 Å². The normalized spacial score (nSPS) is 12.5. The second-order valence-corrected chi connectivity index (χ2v) is 9.07. The summed E-state index contributed by atoms with van der Waals surface area (Å²) in [6.07, 6.45) is 1.88. The van der Waals surface area contributed by atoms with Crippen LogP contribution in [0.5, 0.6) is 0 Å². The summed E-state index contributed by atoms with van der Waals surface area (Å²) in [6, 6.07) is 0.556. The molecule has 0 aliphatic carbocycles. The van der Waals surface area contributed by atoms with Gasteiger partial charge in [-0.25, -0.2) is 0 Å². The third-order valence-electron chi connectivity index (χ3n) is 4.54. The van der Waals surface area contributed by atoms with Crippen molar-refractivity contribution in [3.05, 3.63) is 0 Å². The first-order valence-electron chi connectivity index (χ1n) is 11.4. The van der Waals surface area contributed by atoms with Crippen LogP contribution < -0.4 is 16.0 Å². The number of nitrogens with zero attached hydrogens (tertiary/aromatic N) is 2. The number of rotatable bonds is 17. The predicted octanol–water partition coefficient (Wildman–Crippen LogP) is 1.14. The molecule has 0 fully saturated rings. The van der Waals surface area contributed by atoms with Crippen molar-refractivity contribution < 1.29 is 31.8 Å². The number of carbonyl (C=O) groups is 2. The van der Waals surface area contributed by atoms with Crippen molar-refractivity contribution in [1.29, 1.82) is 0 Å². The van der Waals surface area contributed by atoms with Crippen LogP contribution >= 0.6 is 0 Å². The first kappa shape index (κ1) is 32.5. The number of aliphatic hydroxyl groups excluding tert-OH is 1. The average Bonchev–Trinajstić information content (AvgIpc) is 2.59. The van der Waals surface area contributed by atoms with E-state index in [1.54, 1.807) is 0 Å². The van der Waals surface area contributed by atoms with E-state index < -0.39 is 6.23 Å².